The number of aromatic nitrogens is 5. The van der Waals surface area contributed by atoms with Gasteiger partial charge >= 0.3 is 0 Å². The van der Waals surface area contributed by atoms with Crippen molar-refractivity contribution in [1.82, 2.24) is 24.7 Å². The first-order valence-corrected chi connectivity index (χ1v) is 9.78. The predicted molar refractivity (Wildman–Crippen MR) is 117 cm³/mol. The van der Waals surface area contributed by atoms with Crippen LogP contribution in [0.5, 0.6) is 5.75 Å². The van der Waals surface area contributed by atoms with Crippen LogP contribution in [0.3, 0.4) is 0 Å². The van der Waals surface area contributed by atoms with Crippen molar-refractivity contribution < 1.29 is 4.74 Å². The molecule has 0 saturated carbocycles. The number of anilines is 2. The molecular weight excluding hydrogens is 404 g/mol. The fraction of sp³-hybridized carbons (Fsp3) is 0.130. The fourth-order valence-electron chi connectivity index (χ4n) is 3.09. The van der Waals surface area contributed by atoms with E-state index < -0.39 is 0 Å². The maximum atomic E-state index is 9.46. The molecule has 0 spiro atoms. The average molecular weight is 422 g/mol. The first-order valence-electron chi connectivity index (χ1n) is 9.78. The lowest BCUT2D eigenvalue weighted by molar-refractivity contribution is 0.193. The topological polar surface area (TPSA) is 125 Å². The molecule has 9 nitrogen and oxygen atoms in total. The Morgan fingerprint density at radius 2 is 1.81 bits per heavy atom. The van der Waals surface area contributed by atoms with Crippen LogP contribution in [0.1, 0.15) is 18.1 Å². The van der Waals surface area contributed by atoms with Crippen LogP contribution in [0, 0.1) is 22.7 Å². The molecule has 1 N–H and O–H groups in total. The highest BCUT2D eigenvalue weighted by molar-refractivity contribution is 5.67. The number of nitriles is 2. The molecule has 2 aromatic carbocycles. The van der Waals surface area contributed by atoms with E-state index in [0.717, 1.165) is 11.1 Å². The molecule has 156 valence electrons. The minimum absolute atomic E-state index is 0.220. The van der Waals surface area contributed by atoms with Crippen molar-refractivity contribution in [1.29, 1.82) is 10.5 Å². The molecule has 0 bridgehead atoms. The molecule has 0 saturated heterocycles. The minimum Gasteiger partial charge on any atom is -0.487 e. The maximum Gasteiger partial charge on any atom is 0.227 e. The Balaban J connectivity index is 1.52. The van der Waals surface area contributed by atoms with E-state index in [1.165, 1.54) is 6.33 Å². The molecule has 2 aromatic heterocycles. The summed E-state index contributed by atoms with van der Waals surface area (Å²) in [7, 11) is 0. The van der Waals surface area contributed by atoms with Crippen LogP contribution in [-0.4, -0.2) is 30.8 Å². The number of nitrogens with one attached hydrogen (secondary N) is 1. The Morgan fingerprint density at radius 3 is 2.53 bits per heavy atom. The van der Waals surface area contributed by atoms with E-state index in [9.17, 15) is 10.5 Å². The van der Waals surface area contributed by atoms with E-state index in [-0.39, 0.29) is 6.10 Å². The standard InChI is InChI=1S/C23H18N8O/c1-16(13-31-15-26-14-29-31)32-22-8-17(6-7-19(22)10-25)20-11-27-23(28-12-20)30-21-5-3-2-4-18(21)9-24/h2-8,11-12,14-16H,13H2,1H3,(H,27,28,30)/t16-/m0/s1. The molecule has 0 aliphatic heterocycles. The fourth-order valence-corrected chi connectivity index (χ4v) is 3.09. The van der Waals surface area contributed by atoms with Crippen LogP contribution in [-0.2, 0) is 6.54 Å². The van der Waals surface area contributed by atoms with Gasteiger partial charge in [-0.25, -0.2) is 19.6 Å². The molecule has 0 unspecified atom stereocenters. The highest BCUT2D eigenvalue weighted by atomic mass is 16.5. The van der Waals surface area contributed by atoms with Gasteiger partial charge in [0.2, 0.25) is 5.95 Å². The first-order chi connectivity index (χ1) is 15.7. The third-order valence-corrected chi connectivity index (χ3v) is 4.62. The zero-order chi connectivity index (χ0) is 22.3. The zero-order valence-electron chi connectivity index (χ0n) is 17.2. The van der Waals surface area contributed by atoms with Gasteiger partial charge in [-0.1, -0.05) is 18.2 Å². The monoisotopic (exact) mass is 422 g/mol. The van der Waals surface area contributed by atoms with E-state index in [1.807, 2.05) is 19.1 Å². The lowest BCUT2D eigenvalue weighted by atomic mass is 10.1. The number of hydrogen-bond acceptors (Lipinski definition) is 8. The Morgan fingerprint density at radius 1 is 1.03 bits per heavy atom. The SMILES string of the molecule is C[C@@H](Cn1cncn1)Oc1cc(-c2cnc(Nc3ccccc3C#N)nc2)ccc1C#N. The van der Waals surface area contributed by atoms with Crippen LogP contribution in [0.2, 0.25) is 0 Å². The van der Waals surface area contributed by atoms with Crippen molar-refractivity contribution in [2.45, 2.75) is 19.6 Å². The summed E-state index contributed by atoms with van der Waals surface area (Å²) in [6.07, 6.45) is 6.21. The normalized spacial score (nSPS) is 11.2. The quantitative estimate of drug-likeness (QED) is 0.478. The second kappa shape index (κ2) is 9.37. The summed E-state index contributed by atoms with van der Waals surface area (Å²) in [6.45, 7) is 2.40. The summed E-state index contributed by atoms with van der Waals surface area (Å²) < 4.78 is 7.68. The van der Waals surface area contributed by atoms with Gasteiger partial charge in [0.1, 0.15) is 36.6 Å². The van der Waals surface area contributed by atoms with Gasteiger partial charge in [0, 0.05) is 18.0 Å². The second-order valence-electron chi connectivity index (χ2n) is 6.95. The maximum absolute atomic E-state index is 9.46. The number of nitrogens with zero attached hydrogens (tertiary/aromatic N) is 7. The summed E-state index contributed by atoms with van der Waals surface area (Å²) in [4.78, 5) is 12.6. The highest BCUT2D eigenvalue weighted by Gasteiger charge is 2.12. The zero-order valence-corrected chi connectivity index (χ0v) is 17.2. The number of hydrogen-bond donors (Lipinski definition) is 1. The van der Waals surface area contributed by atoms with Gasteiger partial charge in [-0.15, -0.1) is 0 Å². The number of rotatable bonds is 7. The van der Waals surface area contributed by atoms with Gasteiger partial charge in [-0.2, -0.15) is 15.6 Å². The summed E-state index contributed by atoms with van der Waals surface area (Å²) in [6, 6.07) is 16.8. The number of para-hydroxylation sites is 1. The van der Waals surface area contributed by atoms with E-state index in [4.69, 9.17) is 4.74 Å². The molecule has 0 radical (unpaired) electrons. The molecule has 0 fully saturated rings. The molecule has 1 atom stereocenters. The van der Waals surface area contributed by atoms with Crippen molar-refractivity contribution in [3.05, 3.63) is 78.6 Å². The van der Waals surface area contributed by atoms with Gasteiger partial charge in [0.15, 0.2) is 0 Å². The Bertz CT molecular complexity index is 1290. The molecule has 2 heterocycles. The van der Waals surface area contributed by atoms with Gasteiger partial charge in [-0.3, -0.25) is 0 Å². The van der Waals surface area contributed by atoms with E-state index in [1.54, 1.807) is 53.7 Å². The van der Waals surface area contributed by atoms with E-state index >= 15 is 0 Å². The molecular formula is C23H18N8O. The Hall–Kier alpha value is -4.76. The largest absolute Gasteiger partial charge is 0.487 e. The third kappa shape index (κ3) is 4.69. The van der Waals surface area contributed by atoms with Crippen LogP contribution in [0.4, 0.5) is 11.6 Å². The summed E-state index contributed by atoms with van der Waals surface area (Å²) in [5.41, 5.74) is 3.16. The summed E-state index contributed by atoms with van der Waals surface area (Å²) in [5.74, 6) is 0.853. The van der Waals surface area contributed by atoms with E-state index in [2.05, 4.69) is 37.5 Å². The lowest BCUT2D eigenvalue weighted by Crippen LogP contribution is -2.20. The highest BCUT2D eigenvalue weighted by Crippen LogP contribution is 2.28. The third-order valence-electron chi connectivity index (χ3n) is 4.62. The van der Waals surface area contributed by atoms with Gasteiger partial charge < -0.3 is 10.1 Å². The lowest BCUT2D eigenvalue weighted by Gasteiger charge is -2.16. The van der Waals surface area contributed by atoms with Crippen LogP contribution >= 0.6 is 0 Å². The molecule has 4 rings (SSSR count). The smallest absolute Gasteiger partial charge is 0.227 e. The molecule has 4 aromatic rings. The van der Waals surface area contributed by atoms with Crippen LogP contribution in [0.25, 0.3) is 11.1 Å². The number of benzene rings is 2. The van der Waals surface area contributed by atoms with Gasteiger partial charge in [-0.05, 0) is 36.8 Å². The first kappa shape index (κ1) is 20.5. The van der Waals surface area contributed by atoms with E-state index in [0.29, 0.717) is 35.1 Å². The average Bonchev–Trinajstić information content (AvgIpc) is 3.33. The summed E-state index contributed by atoms with van der Waals surface area (Å²) in [5, 5.41) is 25.8. The van der Waals surface area contributed by atoms with Gasteiger partial charge in [0.25, 0.3) is 0 Å². The van der Waals surface area contributed by atoms with Gasteiger partial charge in [0.05, 0.1) is 23.4 Å². The molecule has 0 amide bonds. The van der Waals surface area contributed by atoms with Crippen molar-refractivity contribution in [2.24, 2.45) is 0 Å². The summed E-state index contributed by atoms with van der Waals surface area (Å²) >= 11 is 0. The predicted octanol–water partition coefficient (Wildman–Crippen LogP) is 3.69. The molecule has 9 heteroatoms. The van der Waals surface area contributed by atoms with Crippen LogP contribution < -0.4 is 10.1 Å². The van der Waals surface area contributed by atoms with Crippen molar-refractivity contribution >= 4 is 11.6 Å². The Labute approximate surface area is 184 Å². The van der Waals surface area contributed by atoms with Crippen molar-refractivity contribution in [2.75, 3.05) is 5.32 Å². The molecule has 32 heavy (non-hydrogen) atoms. The van der Waals surface area contributed by atoms with Crippen molar-refractivity contribution in [3.8, 4) is 29.0 Å². The van der Waals surface area contributed by atoms with Crippen LogP contribution in [0.15, 0.2) is 67.5 Å². The second-order valence-corrected chi connectivity index (χ2v) is 6.95. The Kier molecular flexibility index (Phi) is 6.01. The number of ether oxygens (including phenoxy) is 1. The minimum atomic E-state index is -0.220. The molecule has 0 aliphatic carbocycles. The molecule has 0 aliphatic rings. The van der Waals surface area contributed by atoms with Crippen molar-refractivity contribution in [3.63, 3.8) is 0 Å².